The highest BCUT2D eigenvalue weighted by Gasteiger charge is 2.00. The maximum atomic E-state index is 10.6. The van der Waals surface area contributed by atoms with Gasteiger partial charge < -0.3 is 16.2 Å². The third-order valence-corrected chi connectivity index (χ3v) is 2.09. The summed E-state index contributed by atoms with van der Waals surface area (Å²) in [4.78, 5) is 10.6. The van der Waals surface area contributed by atoms with Crippen molar-refractivity contribution in [2.45, 2.75) is 13.0 Å². The number of rotatable bonds is 6. The van der Waals surface area contributed by atoms with E-state index in [-0.39, 0.29) is 0 Å². The Labute approximate surface area is 89.1 Å². The van der Waals surface area contributed by atoms with E-state index in [0.29, 0.717) is 12.1 Å². The van der Waals surface area contributed by atoms with Crippen LogP contribution in [0.2, 0.25) is 0 Å². The first-order valence-corrected chi connectivity index (χ1v) is 4.97. The van der Waals surface area contributed by atoms with Gasteiger partial charge >= 0.3 is 5.97 Å². The molecule has 0 fully saturated rings. The van der Waals surface area contributed by atoms with Gasteiger partial charge in [-0.1, -0.05) is 12.1 Å². The molecule has 0 saturated carbocycles. The number of nitrogens with one attached hydrogen (secondary N) is 1. The van der Waals surface area contributed by atoms with Crippen LogP contribution in [-0.4, -0.2) is 24.2 Å². The van der Waals surface area contributed by atoms with Crippen LogP contribution in [0, 0.1) is 0 Å². The molecule has 0 spiro atoms. The molecule has 0 bridgehead atoms. The van der Waals surface area contributed by atoms with E-state index in [1.165, 1.54) is 0 Å². The van der Waals surface area contributed by atoms with Crippen LogP contribution in [0.4, 0.5) is 0 Å². The predicted molar refractivity (Wildman–Crippen MR) is 58.8 cm³/mol. The van der Waals surface area contributed by atoms with Gasteiger partial charge in [0.2, 0.25) is 0 Å². The van der Waals surface area contributed by atoms with Crippen LogP contribution in [0.25, 0.3) is 0 Å². The normalized spacial score (nSPS) is 10.2. The van der Waals surface area contributed by atoms with Crippen molar-refractivity contribution in [1.82, 2.24) is 5.32 Å². The van der Waals surface area contributed by atoms with E-state index in [1.807, 2.05) is 12.1 Å². The van der Waals surface area contributed by atoms with Crippen LogP contribution in [0.5, 0.6) is 0 Å². The summed E-state index contributed by atoms with van der Waals surface area (Å²) in [6, 6.07) is 6.86. The van der Waals surface area contributed by atoms with Gasteiger partial charge in [-0.15, -0.1) is 0 Å². The predicted octanol–water partition coefficient (Wildman–Crippen LogP) is 0.823. The zero-order valence-corrected chi connectivity index (χ0v) is 8.57. The minimum atomic E-state index is -0.891. The molecule has 0 aliphatic heterocycles. The van der Waals surface area contributed by atoms with Gasteiger partial charge in [0.05, 0.1) is 5.56 Å². The SMILES string of the molecule is NCCCNCc1ccc(C(=O)O)cc1. The van der Waals surface area contributed by atoms with Crippen molar-refractivity contribution in [2.75, 3.05) is 13.1 Å². The molecule has 1 aromatic carbocycles. The van der Waals surface area contributed by atoms with E-state index in [2.05, 4.69) is 5.32 Å². The molecule has 0 amide bonds. The first kappa shape index (κ1) is 11.7. The number of carboxylic acids is 1. The molecule has 0 aromatic heterocycles. The van der Waals surface area contributed by atoms with Crippen molar-refractivity contribution in [2.24, 2.45) is 5.73 Å². The quantitative estimate of drug-likeness (QED) is 0.605. The Hall–Kier alpha value is -1.39. The van der Waals surface area contributed by atoms with E-state index in [4.69, 9.17) is 10.8 Å². The Kier molecular flexibility index (Phi) is 4.80. The van der Waals surface area contributed by atoms with Crippen molar-refractivity contribution in [1.29, 1.82) is 0 Å². The van der Waals surface area contributed by atoms with E-state index in [0.717, 1.165) is 25.1 Å². The maximum absolute atomic E-state index is 10.6. The summed E-state index contributed by atoms with van der Waals surface area (Å²) >= 11 is 0. The molecule has 15 heavy (non-hydrogen) atoms. The summed E-state index contributed by atoms with van der Waals surface area (Å²) in [6.07, 6.45) is 0.952. The van der Waals surface area contributed by atoms with Gasteiger partial charge in [-0.05, 0) is 37.2 Å². The largest absolute Gasteiger partial charge is 0.478 e. The Bertz CT molecular complexity index is 309. The average molecular weight is 208 g/mol. The highest BCUT2D eigenvalue weighted by molar-refractivity contribution is 5.87. The van der Waals surface area contributed by atoms with Crippen LogP contribution in [-0.2, 0) is 6.54 Å². The highest BCUT2D eigenvalue weighted by Crippen LogP contribution is 2.03. The van der Waals surface area contributed by atoms with E-state index < -0.39 is 5.97 Å². The number of carbonyl (C=O) groups is 1. The second-order valence-electron chi connectivity index (χ2n) is 3.32. The maximum Gasteiger partial charge on any atom is 0.335 e. The molecule has 0 heterocycles. The van der Waals surface area contributed by atoms with Crippen LogP contribution < -0.4 is 11.1 Å². The minimum absolute atomic E-state index is 0.320. The average Bonchev–Trinajstić information content (AvgIpc) is 2.25. The van der Waals surface area contributed by atoms with Gasteiger partial charge in [0.15, 0.2) is 0 Å². The van der Waals surface area contributed by atoms with Crippen molar-refractivity contribution in [3.63, 3.8) is 0 Å². The first-order chi connectivity index (χ1) is 7.24. The molecule has 0 radical (unpaired) electrons. The third kappa shape index (κ3) is 4.10. The lowest BCUT2D eigenvalue weighted by molar-refractivity contribution is 0.0697. The topological polar surface area (TPSA) is 75.3 Å². The van der Waals surface area contributed by atoms with Crippen molar-refractivity contribution >= 4 is 5.97 Å². The fourth-order valence-electron chi connectivity index (χ4n) is 1.22. The standard InChI is InChI=1S/C11H16N2O2/c12-6-1-7-13-8-9-2-4-10(5-3-9)11(14)15/h2-5,13H,1,6-8,12H2,(H,14,15). The smallest absolute Gasteiger partial charge is 0.335 e. The van der Waals surface area contributed by atoms with Crippen molar-refractivity contribution in [3.8, 4) is 0 Å². The molecule has 1 rings (SSSR count). The van der Waals surface area contributed by atoms with Gasteiger partial charge in [0.1, 0.15) is 0 Å². The zero-order chi connectivity index (χ0) is 11.1. The summed E-state index contributed by atoms with van der Waals surface area (Å²) in [7, 11) is 0. The number of benzene rings is 1. The van der Waals surface area contributed by atoms with Crippen molar-refractivity contribution < 1.29 is 9.90 Å². The lowest BCUT2D eigenvalue weighted by Gasteiger charge is -2.04. The molecule has 4 nitrogen and oxygen atoms in total. The number of aromatic carboxylic acids is 1. The van der Waals surface area contributed by atoms with Crippen LogP contribution >= 0.6 is 0 Å². The van der Waals surface area contributed by atoms with E-state index in [9.17, 15) is 4.79 Å². The van der Waals surface area contributed by atoms with E-state index in [1.54, 1.807) is 12.1 Å². The number of hydrogen-bond acceptors (Lipinski definition) is 3. The van der Waals surface area contributed by atoms with E-state index >= 15 is 0 Å². The molecular formula is C11H16N2O2. The number of carboxylic acid groups (broad SMARTS) is 1. The van der Waals surface area contributed by atoms with Crippen LogP contribution in [0.3, 0.4) is 0 Å². The number of nitrogens with two attached hydrogens (primary N) is 1. The van der Waals surface area contributed by atoms with Crippen molar-refractivity contribution in [3.05, 3.63) is 35.4 Å². The summed E-state index contributed by atoms with van der Waals surface area (Å²) in [5.74, 6) is -0.891. The molecule has 0 atom stereocenters. The second-order valence-corrected chi connectivity index (χ2v) is 3.32. The Balaban J connectivity index is 2.39. The molecule has 0 aliphatic carbocycles. The summed E-state index contributed by atoms with van der Waals surface area (Å²) < 4.78 is 0. The molecule has 4 heteroatoms. The van der Waals surface area contributed by atoms with Gasteiger partial charge in [-0.3, -0.25) is 0 Å². The Morgan fingerprint density at radius 3 is 2.53 bits per heavy atom. The number of hydrogen-bond donors (Lipinski definition) is 3. The molecule has 0 unspecified atom stereocenters. The zero-order valence-electron chi connectivity index (χ0n) is 8.57. The fraction of sp³-hybridized carbons (Fsp3) is 0.364. The third-order valence-electron chi connectivity index (χ3n) is 2.09. The lowest BCUT2D eigenvalue weighted by atomic mass is 10.1. The minimum Gasteiger partial charge on any atom is -0.478 e. The van der Waals surface area contributed by atoms with Crippen LogP contribution in [0.1, 0.15) is 22.3 Å². The molecular weight excluding hydrogens is 192 g/mol. The summed E-state index contributed by atoms with van der Waals surface area (Å²) in [6.45, 7) is 2.32. The molecule has 82 valence electrons. The van der Waals surface area contributed by atoms with Gasteiger partial charge in [-0.25, -0.2) is 4.79 Å². The fourth-order valence-corrected chi connectivity index (χ4v) is 1.22. The molecule has 0 aliphatic rings. The van der Waals surface area contributed by atoms with Gasteiger partial charge in [-0.2, -0.15) is 0 Å². The Morgan fingerprint density at radius 2 is 2.00 bits per heavy atom. The Morgan fingerprint density at radius 1 is 1.33 bits per heavy atom. The molecule has 4 N–H and O–H groups in total. The summed E-state index contributed by atoms with van der Waals surface area (Å²) in [5.41, 5.74) is 6.76. The van der Waals surface area contributed by atoms with Crippen LogP contribution in [0.15, 0.2) is 24.3 Å². The summed E-state index contributed by atoms with van der Waals surface area (Å²) in [5, 5.41) is 11.9. The van der Waals surface area contributed by atoms with Gasteiger partial charge in [0.25, 0.3) is 0 Å². The monoisotopic (exact) mass is 208 g/mol. The van der Waals surface area contributed by atoms with Gasteiger partial charge in [0, 0.05) is 6.54 Å². The first-order valence-electron chi connectivity index (χ1n) is 4.97. The molecule has 0 saturated heterocycles. The highest BCUT2D eigenvalue weighted by atomic mass is 16.4. The molecule has 1 aromatic rings. The lowest BCUT2D eigenvalue weighted by Crippen LogP contribution is -2.17. The second kappa shape index (κ2) is 6.16.